The van der Waals surface area contributed by atoms with Crippen LogP contribution in [0, 0.1) is 0 Å². The predicted molar refractivity (Wildman–Crippen MR) is 112 cm³/mol. The Morgan fingerprint density at radius 2 is 1.97 bits per heavy atom. The Labute approximate surface area is 186 Å². The van der Waals surface area contributed by atoms with Gasteiger partial charge >= 0.3 is 6.18 Å². The molecule has 0 spiro atoms. The van der Waals surface area contributed by atoms with Gasteiger partial charge in [0.05, 0.1) is 29.1 Å². The minimum absolute atomic E-state index is 0.204. The highest BCUT2D eigenvalue weighted by Crippen LogP contribution is 2.36. The van der Waals surface area contributed by atoms with E-state index in [1.165, 1.54) is 6.07 Å². The van der Waals surface area contributed by atoms with Crippen molar-refractivity contribution < 1.29 is 22.0 Å². The van der Waals surface area contributed by atoms with Crippen LogP contribution in [0.2, 0.25) is 5.02 Å². The van der Waals surface area contributed by atoms with Crippen LogP contribution in [0.25, 0.3) is 22.9 Å². The Morgan fingerprint density at radius 3 is 2.75 bits per heavy atom. The fourth-order valence-electron chi connectivity index (χ4n) is 3.75. The number of hydrogen-bond donors (Lipinski definition) is 0. The first-order chi connectivity index (χ1) is 15.4. The molecule has 1 aromatic carbocycles. The number of alkyl halides is 3. The molecular weight excluding hydrogens is 443 g/mol. The quantitative estimate of drug-likeness (QED) is 0.362. The van der Waals surface area contributed by atoms with Gasteiger partial charge in [-0.05, 0) is 42.5 Å². The van der Waals surface area contributed by atoms with Crippen LogP contribution in [-0.4, -0.2) is 21.4 Å². The second kappa shape index (κ2) is 8.11. The number of benzene rings is 1. The summed E-state index contributed by atoms with van der Waals surface area (Å²) in [4.78, 5) is 11.2. The number of furan rings is 2. The van der Waals surface area contributed by atoms with Gasteiger partial charge in [-0.25, -0.2) is 9.97 Å². The van der Waals surface area contributed by atoms with E-state index in [4.69, 9.17) is 20.4 Å². The van der Waals surface area contributed by atoms with E-state index >= 15 is 0 Å². The molecule has 4 heterocycles. The third-order valence-electron chi connectivity index (χ3n) is 5.35. The van der Waals surface area contributed by atoms with Gasteiger partial charge in [0.15, 0.2) is 11.6 Å². The Bertz CT molecular complexity index is 1250. The lowest BCUT2D eigenvalue weighted by Crippen LogP contribution is -2.30. The van der Waals surface area contributed by atoms with E-state index in [1.54, 1.807) is 24.5 Å². The molecule has 5 nitrogen and oxygen atoms in total. The lowest BCUT2D eigenvalue weighted by atomic mass is 10.1. The second-order valence-electron chi connectivity index (χ2n) is 7.56. The SMILES string of the molecule is FC(F)(F)c1ccc(Cl)c(-c2ccc(CN3CCc4nc(-c5ccco5)ncc4C3)o2)c1. The molecule has 0 atom stereocenters. The van der Waals surface area contributed by atoms with E-state index < -0.39 is 11.7 Å². The highest BCUT2D eigenvalue weighted by Gasteiger charge is 2.31. The summed E-state index contributed by atoms with van der Waals surface area (Å²) in [7, 11) is 0. The minimum atomic E-state index is -4.45. The molecule has 0 bridgehead atoms. The van der Waals surface area contributed by atoms with E-state index in [9.17, 15) is 13.2 Å². The second-order valence-corrected chi connectivity index (χ2v) is 7.97. The van der Waals surface area contributed by atoms with Gasteiger partial charge in [-0.15, -0.1) is 0 Å². The van der Waals surface area contributed by atoms with Crippen LogP contribution in [0.1, 0.15) is 22.6 Å². The minimum Gasteiger partial charge on any atom is -0.461 e. The zero-order valence-electron chi connectivity index (χ0n) is 16.7. The van der Waals surface area contributed by atoms with Gasteiger partial charge in [-0.3, -0.25) is 4.90 Å². The van der Waals surface area contributed by atoms with Crippen molar-refractivity contribution in [3.63, 3.8) is 0 Å². The standard InChI is InChI=1S/C23H17ClF3N3O2/c24-18-5-3-15(23(25,26)27)10-17(18)20-6-4-16(32-20)13-30-8-7-19-14(12-30)11-28-22(29-19)21-2-1-9-31-21/h1-6,9-11H,7-8,12-13H2. The summed E-state index contributed by atoms with van der Waals surface area (Å²) in [6.07, 6.45) is -0.306. The molecule has 4 aromatic rings. The molecule has 0 fully saturated rings. The first-order valence-corrected chi connectivity index (χ1v) is 10.3. The van der Waals surface area contributed by atoms with Crippen molar-refractivity contribution in [2.24, 2.45) is 0 Å². The van der Waals surface area contributed by atoms with Crippen molar-refractivity contribution in [1.29, 1.82) is 0 Å². The summed E-state index contributed by atoms with van der Waals surface area (Å²) >= 11 is 6.13. The highest BCUT2D eigenvalue weighted by molar-refractivity contribution is 6.33. The molecule has 0 unspecified atom stereocenters. The van der Waals surface area contributed by atoms with Crippen molar-refractivity contribution in [1.82, 2.24) is 14.9 Å². The predicted octanol–water partition coefficient (Wildman–Crippen LogP) is 6.23. The van der Waals surface area contributed by atoms with Crippen LogP contribution >= 0.6 is 11.6 Å². The van der Waals surface area contributed by atoms with Crippen LogP contribution < -0.4 is 0 Å². The third kappa shape index (κ3) is 4.16. The summed E-state index contributed by atoms with van der Waals surface area (Å²) in [6.45, 7) is 1.92. The zero-order chi connectivity index (χ0) is 22.3. The molecule has 0 aliphatic carbocycles. The Hall–Kier alpha value is -3.10. The van der Waals surface area contributed by atoms with Crippen LogP contribution in [0.5, 0.6) is 0 Å². The fourth-order valence-corrected chi connectivity index (χ4v) is 3.96. The fraction of sp³-hybridized carbons (Fsp3) is 0.217. The number of rotatable bonds is 4. The lowest BCUT2D eigenvalue weighted by Gasteiger charge is -2.27. The van der Waals surface area contributed by atoms with E-state index in [0.717, 1.165) is 36.4 Å². The van der Waals surface area contributed by atoms with Gasteiger partial charge in [-0.1, -0.05) is 11.6 Å². The Morgan fingerprint density at radius 1 is 1.09 bits per heavy atom. The maximum absolute atomic E-state index is 13.1. The molecule has 0 saturated carbocycles. The van der Waals surface area contributed by atoms with Crippen molar-refractivity contribution in [2.45, 2.75) is 25.7 Å². The van der Waals surface area contributed by atoms with Gasteiger partial charge < -0.3 is 8.83 Å². The molecule has 1 aliphatic heterocycles. The number of fused-ring (bicyclic) bond motifs is 1. The van der Waals surface area contributed by atoms with E-state index in [1.807, 2.05) is 12.3 Å². The summed E-state index contributed by atoms with van der Waals surface area (Å²) in [5.41, 5.74) is 1.46. The van der Waals surface area contributed by atoms with Crippen LogP contribution in [0.15, 0.2) is 63.8 Å². The molecule has 0 N–H and O–H groups in total. The highest BCUT2D eigenvalue weighted by atomic mass is 35.5. The summed E-state index contributed by atoms with van der Waals surface area (Å²) in [5, 5.41) is 0.204. The first-order valence-electron chi connectivity index (χ1n) is 9.94. The maximum Gasteiger partial charge on any atom is 0.416 e. The molecule has 32 heavy (non-hydrogen) atoms. The third-order valence-corrected chi connectivity index (χ3v) is 5.68. The Balaban J connectivity index is 1.31. The molecule has 0 amide bonds. The average molecular weight is 460 g/mol. The van der Waals surface area contributed by atoms with Crippen molar-refractivity contribution in [3.8, 4) is 22.9 Å². The van der Waals surface area contributed by atoms with Crippen molar-refractivity contribution >= 4 is 11.6 Å². The summed E-state index contributed by atoms with van der Waals surface area (Å²) in [6, 6.07) is 10.2. The summed E-state index contributed by atoms with van der Waals surface area (Å²) < 4.78 is 50.4. The van der Waals surface area contributed by atoms with Gasteiger partial charge in [-0.2, -0.15) is 13.2 Å². The molecule has 5 rings (SSSR count). The Kier molecular flexibility index (Phi) is 5.27. The van der Waals surface area contributed by atoms with Gasteiger partial charge in [0, 0.05) is 36.8 Å². The first kappa shape index (κ1) is 20.8. The smallest absolute Gasteiger partial charge is 0.416 e. The van der Waals surface area contributed by atoms with Gasteiger partial charge in [0.1, 0.15) is 11.5 Å². The van der Waals surface area contributed by atoms with Crippen molar-refractivity contribution in [2.75, 3.05) is 6.54 Å². The van der Waals surface area contributed by atoms with E-state index in [0.29, 0.717) is 36.2 Å². The molecule has 164 valence electrons. The molecule has 9 heteroatoms. The van der Waals surface area contributed by atoms with E-state index in [-0.39, 0.29) is 10.6 Å². The molecule has 0 saturated heterocycles. The number of aromatic nitrogens is 2. The number of halogens is 4. The largest absolute Gasteiger partial charge is 0.461 e. The van der Waals surface area contributed by atoms with Gasteiger partial charge in [0.2, 0.25) is 0 Å². The molecule has 0 radical (unpaired) electrons. The summed E-state index contributed by atoms with van der Waals surface area (Å²) in [5.74, 6) is 2.15. The van der Waals surface area contributed by atoms with Crippen LogP contribution in [0.3, 0.4) is 0 Å². The average Bonchev–Trinajstić information content (AvgIpc) is 3.45. The molecular formula is C23H17ClF3N3O2. The van der Waals surface area contributed by atoms with E-state index in [2.05, 4.69) is 14.9 Å². The van der Waals surface area contributed by atoms with Crippen LogP contribution in [0.4, 0.5) is 13.2 Å². The van der Waals surface area contributed by atoms with Crippen molar-refractivity contribution in [3.05, 3.63) is 82.5 Å². The maximum atomic E-state index is 13.1. The zero-order valence-corrected chi connectivity index (χ0v) is 17.5. The lowest BCUT2D eigenvalue weighted by molar-refractivity contribution is -0.137. The molecule has 3 aromatic heterocycles. The van der Waals surface area contributed by atoms with Crippen LogP contribution in [-0.2, 0) is 25.7 Å². The number of hydrogen-bond acceptors (Lipinski definition) is 5. The van der Waals surface area contributed by atoms with Gasteiger partial charge in [0.25, 0.3) is 0 Å². The topological polar surface area (TPSA) is 55.3 Å². The number of nitrogens with zero attached hydrogens (tertiary/aromatic N) is 3. The normalized spacial score (nSPS) is 14.5. The monoisotopic (exact) mass is 459 g/mol. The molecule has 1 aliphatic rings.